The number of carbonyl (C=O) groups is 1. The van der Waals surface area contributed by atoms with Crippen molar-refractivity contribution in [3.8, 4) is 0 Å². The number of carboxylic acid groups (broad SMARTS) is 1. The van der Waals surface area contributed by atoms with Crippen LogP contribution in [0.4, 0.5) is 0 Å². The number of rotatable bonds is 10. The standard InChI is InChI=1S/C14H29BN2O4/c1-10(2)9-17-12-7-11(8-12)14(16,13(18)19)5-3-4-6-15(20)21/h10-12,17,20-21H,3-9,16H2,1-2H3,(H,18,19)/t11-,12+,14?. The van der Waals surface area contributed by atoms with E-state index in [1.807, 2.05) is 0 Å². The molecular weight excluding hydrogens is 271 g/mol. The molecule has 0 aromatic heterocycles. The van der Waals surface area contributed by atoms with Crippen LogP contribution >= 0.6 is 0 Å². The average Bonchev–Trinajstić information content (AvgIpc) is 2.31. The Kier molecular flexibility index (Phi) is 7.13. The minimum absolute atomic E-state index is 0.00119. The van der Waals surface area contributed by atoms with Gasteiger partial charge in [0.15, 0.2) is 0 Å². The van der Waals surface area contributed by atoms with Crippen molar-refractivity contribution in [2.75, 3.05) is 6.54 Å². The Labute approximate surface area is 127 Å². The molecule has 0 aromatic rings. The van der Waals surface area contributed by atoms with Gasteiger partial charge in [0.25, 0.3) is 0 Å². The molecule has 0 bridgehead atoms. The largest absolute Gasteiger partial charge is 0.480 e. The molecule has 21 heavy (non-hydrogen) atoms. The Balaban J connectivity index is 2.38. The number of nitrogens with two attached hydrogens (primary N) is 1. The van der Waals surface area contributed by atoms with Gasteiger partial charge in [0, 0.05) is 6.04 Å². The Bertz CT molecular complexity index is 335. The summed E-state index contributed by atoms with van der Waals surface area (Å²) in [6.45, 7) is 5.23. The Morgan fingerprint density at radius 1 is 1.38 bits per heavy atom. The van der Waals surface area contributed by atoms with Crippen molar-refractivity contribution in [1.82, 2.24) is 5.32 Å². The van der Waals surface area contributed by atoms with Crippen molar-refractivity contribution in [1.29, 1.82) is 0 Å². The number of unbranched alkanes of at least 4 members (excludes halogenated alkanes) is 1. The first kappa shape index (κ1) is 18.4. The van der Waals surface area contributed by atoms with E-state index in [-0.39, 0.29) is 12.2 Å². The lowest BCUT2D eigenvalue weighted by Crippen LogP contribution is -2.61. The molecule has 122 valence electrons. The number of hydrogen-bond acceptors (Lipinski definition) is 5. The van der Waals surface area contributed by atoms with Crippen LogP contribution < -0.4 is 11.1 Å². The number of carboxylic acids is 1. The Morgan fingerprint density at radius 2 is 2.00 bits per heavy atom. The summed E-state index contributed by atoms with van der Waals surface area (Å²) in [7, 11) is -1.32. The van der Waals surface area contributed by atoms with E-state index < -0.39 is 18.6 Å². The average molecular weight is 300 g/mol. The molecule has 0 amide bonds. The second kappa shape index (κ2) is 8.12. The van der Waals surface area contributed by atoms with Gasteiger partial charge in [-0.25, -0.2) is 0 Å². The van der Waals surface area contributed by atoms with Crippen LogP contribution in [0.3, 0.4) is 0 Å². The van der Waals surface area contributed by atoms with Gasteiger partial charge < -0.3 is 26.2 Å². The highest BCUT2D eigenvalue weighted by Gasteiger charge is 2.47. The van der Waals surface area contributed by atoms with Gasteiger partial charge in [-0.05, 0) is 44.0 Å². The van der Waals surface area contributed by atoms with Gasteiger partial charge in [-0.2, -0.15) is 0 Å². The number of hydrogen-bond donors (Lipinski definition) is 5. The van der Waals surface area contributed by atoms with Crippen molar-refractivity contribution in [3.05, 3.63) is 0 Å². The first-order valence-corrected chi connectivity index (χ1v) is 7.87. The predicted octanol–water partition coefficient (Wildman–Crippen LogP) is 0.436. The zero-order valence-electron chi connectivity index (χ0n) is 13.1. The fourth-order valence-electron chi connectivity index (χ4n) is 2.84. The zero-order valence-corrected chi connectivity index (χ0v) is 13.1. The smallest absolute Gasteiger partial charge is 0.451 e. The molecule has 7 heteroatoms. The molecule has 6 N–H and O–H groups in total. The fourth-order valence-corrected chi connectivity index (χ4v) is 2.84. The maximum Gasteiger partial charge on any atom is 0.451 e. The summed E-state index contributed by atoms with van der Waals surface area (Å²) in [5, 5.41) is 30.5. The van der Waals surface area contributed by atoms with E-state index >= 15 is 0 Å². The van der Waals surface area contributed by atoms with Gasteiger partial charge in [0.2, 0.25) is 0 Å². The molecule has 1 aliphatic carbocycles. The van der Waals surface area contributed by atoms with Crippen molar-refractivity contribution in [2.24, 2.45) is 17.6 Å². The minimum Gasteiger partial charge on any atom is -0.480 e. The first-order chi connectivity index (χ1) is 9.75. The maximum atomic E-state index is 11.5. The summed E-state index contributed by atoms with van der Waals surface area (Å²) in [5.74, 6) is -0.367. The lowest BCUT2D eigenvalue weighted by molar-refractivity contribution is -0.148. The summed E-state index contributed by atoms with van der Waals surface area (Å²) in [6.07, 6.45) is 3.43. The van der Waals surface area contributed by atoms with E-state index in [1.54, 1.807) is 0 Å². The lowest BCUT2D eigenvalue weighted by Gasteiger charge is -2.45. The van der Waals surface area contributed by atoms with Crippen LogP contribution in [0.25, 0.3) is 0 Å². The topological polar surface area (TPSA) is 116 Å². The molecule has 1 unspecified atom stereocenters. The molecule has 0 aliphatic heterocycles. The molecule has 1 atom stereocenters. The molecule has 6 nitrogen and oxygen atoms in total. The lowest BCUT2D eigenvalue weighted by atomic mass is 9.66. The van der Waals surface area contributed by atoms with Gasteiger partial charge in [-0.15, -0.1) is 0 Å². The van der Waals surface area contributed by atoms with Gasteiger partial charge in [-0.1, -0.05) is 26.7 Å². The quantitative estimate of drug-likeness (QED) is 0.295. The molecule has 0 heterocycles. The fraction of sp³-hybridized carbons (Fsp3) is 0.929. The second-order valence-electron chi connectivity index (χ2n) is 6.74. The molecule has 1 aliphatic rings. The predicted molar refractivity (Wildman–Crippen MR) is 82.8 cm³/mol. The molecule has 0 saturated heterocycles. The third kappa shape index (κ3) is 5.58. The van der Waals surface area contributed by atoms with Crippen molar-refractivity contribution < 1.29 is 19.9 Å². The number of aliphatic carboxylic acids is 1. The van der Waals surface area contributed by atoms with Gasteiger partial charge in [-0.3, -0.25) is 4.79 Å². The monoisotopic (exact) mass is 300 g/mol. The molecule has 1 fully saturated rings. The molecule has 1 saturated carbocycles. The van der Waals surface area contributed by atoms with Crippen molar-refractivity contribution >= 4 is 13.1 Å². The molecule has 0 aromatic carbocycles. The summed E-state index contributed by atoms with van der Waals surface area (Å²) in [5.41, 5.74) is 4.94. The van der Waals surface area contributed by atoms with E-state index in [1.165, 1.54) is 0 Å². The summed E-state index contributed by atoms with van der Waals surface area (Å²) >= 11 is 0. The molecular formula is C14H29BN2O4. The van der Waals surface area contributed by atoms with E-state index in [0.717, 1.165) is 19.4 Å². The van der Waals surface area contributed by atoms with E-state index in [4.69, 9.17) is 15.8 Å². The van der Waals surface area contributed by atoms with Crippen LogP contribution in [0.2, 0.25) is 6.32 Å². The third-order valence-corrected chi connectivity index (χ3v) is 4.38. The van der Waals surface area contributed by atoms with Crippen LogP contribution in [0.15, 0.2) is 0 Å². The Morgan fingerprint density at radius 3 is 2.48 bits per heavy atom. The van der Waals surface area contributed by atoms with Crippen LogP contribution in [0, 0.1) is 11.8 Å². The highest BCUT2D eigenvalue weighted by atomic mass is 16.4. The van der Waals surface area contributed by atoms with Crippen LogP contribution in [0.5, 0.6) is 0 Å². The van der Waals surface area contributed by atoms with Gasteiger partial charge in [0.1, 0.15) is 5.54 Å². The summed E-state index contributed by atoms with van der Waals surface area (Å²) in [6, 6.07) is 0.374. The van der Waals surface area contributed by atoms with E-state index in [2.05, 4.69) is 19.2 Å². The third-order valence-electron chi connectivity index (χ3n) is 4.38. The summed E-state index contributed by atoms with van der Waals surface area (Å²) in [4.78, 5) is 11.5. The molecule has 1 rings (SSSR count). The van der Waals surface area contributed by atoms with E-state index in [0.29, 0.717) is 31.2 Å². The van der Waals surface area contributed by atoms with Gasteiger partial charge in [0.05, 0.1) is 0 Å². The SMILES string of the molecule is CC(C)CN[C@H]1C[C@@H](C(N)(CCCCB(O)O)C(=O)O)C1. The normalized spacial score (nSPS) is 24.5. The van der Waals surface area contributed by atoms with Crippen LogP contribution in [-0.4, -0.2) is 46.4 Å². The minimum atomic E-state index is -1.32. The second-order valence-corrected chi connectivity index (χ2v) is 6.74. The zero-order chi connectivity index (χ0) is 16.0. The van der Waals surface area contributed by atoms with E-state index in [9.17, 15) is 9.90 Å². The first-order valence-electron chi connectivity index (χ1n) is 7.87. The van der Waals surface area contributed by atoms with Crippen molar-refractivity contribution in [2.45, 2.75) is 63.9 Å². The highest BCUT2D eigenvalue weighted by Crippen LogP contribution is 2.38. The summed E-state index contributed by atoms with van der Waals surface area (Å²) < 4.78 is 0. The highest BCUT2D eigenvalue weighted by molar-refractivity contribution is 6.40. The van der Waals surface area contributed by atoms with Gasteiger partial charge >= 0.3 is 13.1 Å². The maximum absolute atomic E-state index is 11.5. The van der Waals surface area contributed by atoms with Crippen molar-refractivity contribution in [3.63, 3.8) is 0 Å². The Hall–Kier alpha value is -0.625. The molecule has 0 radical (unpaired) electrons. The van der Waals surface area contributed by atoms with Crippen LogP contribution in [0.1, 0.15) is 46.0 Å². The number of nitrogens with one attached hydrogen (secondary N) is 1. The van der Waals surface area contributed by atoms with Crippen LogP contribution in [-0.2, 0) is 4.79 Å². The molecule has 0 spiro atoms.